The maximum absolute atomic E-state index is 17.0. The van der Waals surface area contributed by atoms with E-state index < -0.39 is 56.6 Å². The molecule has 0 radical (unpaired) electrons. The lowest BCUT2D eigenvalue weighted by atomic mass is 9.44. The summed E-state index contributed by atoms with van der Waals surface area (Å²) in [6.07, 6.45) is 2.82. The molecular formula is C22H31FO7S. The predicted octanol–water partition coefficient (Wildman–Crippen LogP) is 1.86. The fourth-order valence-corrected chi connectivity index (χ4v) is 7.63. The van der Waals surface area contributed by atoms with E-state index in [0.29, 0.717) is 25.7 Å². The number of aliphatic hydroxyl groups excluding tert-OH is 1. The number of Topliss-reactive ketones (excluding diaryl/α,β-unsaturated/α-hetero) is 1. The van der Waals surface area contributed by atoms with E-state index in [4.69, 9.17) is 0 Å². The van der Waals surface area contributed by atoms with E-state index in [1.165, 1.54) is 0 Å². The number of aliphatic hydroxyl groups is 2. The third-order valence-electron chi connectivity index (χ3n) is 9.06. The predicted molar refractivity (Wildman–Crippen MR) is 109 cm³/mol. The normalized spacial score (nSPS) is 47.2. The lowest BCUT2D eigenvalue weighted by molar-refractivity contribution is -0.226. The molecule has 2 N–H and O–H groups in total. The van der Waals surface area contributed by atoms with Crippen molar-refractivity contribution in [2.24, 2.45) is 22.7 Å². The van der Waals surface area contributed by atoms with Crippen LogP contribution < -0.4 is 0 Å². The van der Waals surface area contributed by atoms with Crippen molar-refractivity contribution in [2.75, 3.05) is 12.9 Å². The van der Waals surface area contributed by atoms with Crippen LogP contribution in [0.2, 0.25) is 0 Å². The molecule has 9 heteroatoms. The second-order valence-electron chi connectivity index (χ2n) is 10.4. The number of carbonyl (C=O) groups excluding carboxylic acids is 2. The summed E-state index contributed by atoms with van der Waals surface area (Å²) in [5, 5.41) is 22.6. The van der Waals surface area contributed by atoms with Crippen molar-refractivity contribution in [3.8, 4) is 0 Å². The Hall–Kier alpha value is -1.16. The molecule has 174 valence electrons. The van der Waals surface area contributed by atoms with Crippen LogP contribution in [0, 0.1) is 22.7 Å². The number of fused-ring (bicyclic) bond motifs is 5. The molecule has 4 rings (SSSR count). The minimum atomic E-state index is -3.87. The van der Waals surface area contributed by atoms with Crippen LogP contribution in [0.25, 0.3) is 0 Å². The van der Waals surface area contributed by atoms with Gasteiger partial charge in [-0.1, -0.05) is 19.4 Å². The van der Waals surface area contributed by atoms with Crippen molar-refractivity contribution < 1.29 is 36.8 Å². The molecule has 0 aliphatic heterocycles. The van der Waals surface area contributed by atoms with Gasteiger partial charge in [-0.05, 0) is 50.5 Å². The van der Waals surface area contributed by atoms with Gasteiger partial charge in [-0.25, -0.2) is 4.39 Å². The van der Waals surface area contributed by atoms with Crippen LogP contribution in [-0.2, 0) is 23.9 Å². The summed E-state index contributed by atoms with van der Waals surface area (Å²) in [4.78, 5) is 24.8. The zero-order chi connectivity index (χ0) is 23.0. The third-order valence-corrected chi connectivity index (χ3v) is 9.61. The van der Waals surface area contributed by atoms with Gasteiger partial charge in [0.15, 0.2) is 11.6 Å². The summed E-state index contributed by atoms with van der Waals surface area (Å²) in [5.74, 6) is -1.71. The molecule has 0 aromatic rings. The van der Waals surface area contributed by atoms with Gasteiger partial charge in [-0.2, -0.15) is 8.42 Å². The van der Waals surface area contributed by atoms with Crippen molar-refractivity contribution in [2.45, 2.75) is 76.2 Å². The number of alkyl halides is 1. The Labute approximate surface area is 182 Å². The van der Waals surface area contributed by atoms with Crippen LogP contribution in [0.15, 0.2) is 11.6 Å². The Morgan fingerprint density at radius 3 is 2.55 bits per heavy atom. The zero-order valence-corrected chi connectivity index (χ0v) is 19.0. The van der Waals surface area contributed by atoms with Gasteiger partial charge < -0.3 is 10.2 Å². The van der Waals surface area contributed by atoms with E-state index in [1.54, 1.807) is 19.9 Å². The van der Waals surface area contributed by atoms with E-state index in [9.17, 15) is 28.2 Å². The lowest BCUT2D eigenvalue weighted by Gasteiger charge is -2.63. The Morgan fingerprint density at radius 1 is 1.23 bits per heavy atom. The Morgan fingerprint density at radius 2 is 1.90 bits per heavy atom. The van der Waals surface area contributed by atoms with E-state index in [1.807, 2.05) is 0 Å². The number of carbonyl (C=O) groups is 2. The molecule has 0 aromatic heterocycles. The van der Waals surface area contributed by atoms with Crippen LogP contribution in [0.4, 0.5) is 4.39 Å². The quantitative estimate of drug-likeness (QED) is 0.618. The maximum Gasteiger partial charge on any atom is 0.264 e. The first-order chi connectivity index (χ1) is 14.2. The van der Waals surface area contributed by atoms with E-state index in [-0.39, 0.29) is 31.0 Å². The number of allylic oxidation sites excluding steroid dienone is 1. The molecule has 0 amide bonds. The molecule has 3 fully saturated rings. The van der Waals surface area contributed by atoms with Gasteiger partial charge in [0.05, 0.1) is 12.4 Å². The number of hydrogen-bond acceptors (Lipinski definition) is 7. The number of halogens is 1. The Bertz CT molecular complexity index is 961. The molecule has 7 nitrogen and oxygen atoms in total. The summed E-state index contributed by atoms with van der Waals surface area (Å²) in [6, 6.07) is 0. The second kappa shape index (κ2) is 6.92. The molecule has 0 spiro atoms. The summed E-state index contributed by atoms with van der Waals surface area (Å²) in [7, 11) is -3.87. The van der Waals surface area contributed by atoms with Gasteiger partial charge >= 0.3 is 0 Å². The minimum Gasteiger partial charge on any atom is -0.390 e. The smallest absolute Gasteiger partial charge is 0.264 e. The van der Waals surface area contributed by atoms with Crippen molar-refractivity contribution in [3.63, 3.8) is 0 Å². The van der Waals surface area contributed by atoms with Crippen molar-refractivity contribution in [1.29, 1.82) is 0 Å². The molecule has 0 aromatic carbocycles. The van der Waals surface area contributed by atoms with Crippen LogP contribution in [0.1, 0.15) is 58.8 Å². The van der Waals surface area contributed by atoms with Crippen LogP contribution in [0.5, 0.6) is 0 Å². The van der Waals surface area contributed by atoms with E-state index in [0.717, 1.165) is 11.8 Å². The van der Waals surface area contributed by atoms with E-state index in [2.05, 4.69) is 4.18 Å². The zero-order valence-electron chi connectivity index (χ0n) is 18.2. The SMILES string of the molecule is C[C@]12CCC(=O)C=C1CC[C@@H]1[C@H]3CC[C@](O)(C(=O)COS(C)(=O)=O)[C@@]3(C)C[C@H](O)[C@@]12F. The highest BCUT2D eigenvalue weighted by Crippen LogP contribution is 2.70. The van der Waals surface area contributed by atoms with Gasteiger partial charge in [0.2, 0.25) is 0 Å². The topological polar surface area (TPSA) is 118 Å². The van der Waals surface area contributed by atoms with E-state index >= 15 is 4.39 Å². The van der Waals surface area contributed by atoms with Crippen LogP contribution in [-0.4, -0.2) is 60.4 Å². The first kappa shape index (κ1) is 23.0. The van der Waals surface area contributed by atoms with Crippen LogP contribution >= 0.6 is 0 Å². The highest BCUT2D eigenvalue weighted by molar-refractivity contribution is 7.86. The number of hydrogen-bond donors (Lipinski definition) is 2. The van der Waals surface area contributed by atoms with Gasteiger partial charge in [-0.15, -0.1) is 0 Å². The summed E-state index contributed by atoms with van der Waals surface area (Å²) >= 11 is 0. The average molecular weight is 459 g/mol. The van der Waals surface area contributed by atoms with Crippen molar-refractivity contribution >= 4 is 21.7 Å². The fraction of sp³-hybridized carbons (Fsp3) is 0.818. The first-order valence-corrected chi connectivity index (χ1v) is 12.7. The van der Waals surface area contributed by atoms with Gasteiger partial charge in [0.1, 0.15) is 17.9 Å². The molecule has 3 saturated carbocycles. The molecule has 0 saturated heterocycles. The minimum absolute atomic E-state index is 0.0172. The molecule has 0 unspecified atom stereocenters. The largest absolute Gasteiger partial charge is 0.390 e. The third kappa shape index (κ3) is 3.03. The highest BCUT2D eigenvalue weighted by atomic mass is 32.2. The molecule has 0 heterocycles. The fourth-order valence-electron chi connectivity index (χ4n) is 7.31. The highest BCUT2D eigenvalue weighted by Gasteiger charge is 2.74. The van der Waals surface area contributed by atoms with Crippen LogP contribution in [0.3, 0.4) is 0 Å². The summed E-state index contributed by atoms with van der Waals surface area (Å²) in [5.41, 5.74) is -5.18. The standard InChI is InChI=1S/C22H31FO7S/c1-19-8-6-14(24)10-13(19)4-5-16-15-7-9-21(27,18(26)12-30-31(3,28)29)20(15,2)11-17(25)22(16,19)23/h10,15-17,25,27H,4-9,11-12H2,1-3H3/t15-,16-,17+,19+,20+,21+,22+/m1/s1. The molecule has 31 heavy (non-hydrogen) atoms. The monoisotopic (exact) mass is 458 g/mol. The molecule has 4 aliphatic rings. The molecule has 7 atom stereocenters. The lowest BCUT2D eigenvalue weighted by Crippen LogP contribution is -2.69. The van der Waals surface area contributed by atoms with Gasteiger partial charge in [0.25, 0.3) is 10.1 Å². The molecular weight excluding hydrogens is 427 g/mol. The number of ketones is 2. The Balaban J connectivity index is 1.70. The first-order valence-electron chi connectivity index (χ1n) is 10.9. The second-order valence-corrected chi connectivity index (χ2v) is 12.1. The molecule has 0 bridgehead atoms. The Kier molecular flexibility index (Phi) is 5.14. The maximum atomic E-state index is 17.0. The molecule has 4 aliphatic carbocycles. The van der Waals surface area contributed by atoms with Gasteiger partial charge in [0, 0.05) is 23.2 Å². The number of rotatable bonds is 4. The summed E-state index contributed by atoms with van der Waals surface area (Å²) in [6.45, 7) is 2.70. The summed E-state index contributed by atoms with van der Waals surface area (Å²) < 4.78 is 44.2. The van der Waals surface area contributed by atoms with Crippen molar-refractivity contribution in [1.82, 2.24) is 0 Å². The van der Waals surface area contributed by atoms with Gasteiger partial charge in [-0.3, -0.25) is 13.8 Å². The average Bonchev–Trinajstić information content (AvgIpc) is 2.93. The van der Waals surface area contributed by atoms with Crippen molar-refractivity contribution in [3.05, 3.63) is 11.6 Å².